The summed E-state index contributed by atoms with van der Waals surface area (Å²) < 4.78 is 0. The molecule has 3 N–H and O–H groups in total. The number of amides is 2. The number of urea groups is 1. The lowest BCUT2D eigenvalue weighted by molar-refractivity contribution is 0.243. The standard InChI is InChI=1S/C7H17N3O/c1-3-4-9-5-6-10-7(11)8-2/h9H,3-6H2,1-2H3,(H2,8,10,11). The van der Waals surface area contributed by atoms with E-state index in [4.69, 9.17) is 0 Å². The molecule has 0 saturated carbocycles. The molecule has 0 radical (unpaired) electrons. The van der Waals surface area contributed by atoms with Crippen LogP contribution in [0.15, 0.2) is 0 Å². The van der Waals surface area contributed by atoms with Crippen LogP contribution in [0.3, 0.4) is 0 Å². The van der Waals surface area contributed by atoms with Crippen LogP contribution >= 0.6 is 0 Å². The van der Waals surface area contributed by atoms with Crippen molar-refractivity contribution in [3.05, 3.63) is 0 Å². The lowest BCUT2D eigenvalue weighted by atomic mass is 10.5. The highest BCUT2D eigenvalue weighted by Crippen LogP contribution is 1.68. The molecule has 0 aliphatic carbocycles. The van der Waals surface area contributed by atoms with Gasteiger partial charge in [0.25, 0.3) is 0 Å². The lowest BCUT2D eigenvalue weighted by Crippen LogP contribution is -2.37. The molecule has 0 unspecified atom stereocenters. The Kier molecular flexibility index (Phi) is 6.82. The topological polar surface area (TPSA) is 53.2 Å². The Labute approximate surface area is 67.7 Å². The van der Waals surface area contributed by atoms with Crippen molar-refractivity contribution in [2.24, 2.45) is 0 Å². The first kappa shape index (κ1) is 10.2. The molecule has 2 amide bonds. The molecule has 0 saturated heterocycles. The van der Waals surface area contributed by atoms with Crippen molar-refractivity contribution >= 4 is 6.03 Å². The van der Waals surface area contributed by atoms with E-state index in [1.54, 1.807) is 7.05 Å². The van der Waals surface area contributed by atoms with E-state index in [9.17, 15) is 4.79 Å². The summed E-state index contributed by atoms with van der Waals surface area (Å²) in [6.45, 7) is 4.63. The van der Waals surface area contributed by atoms with Crippen LogP contribution in [0.1, 0.15) is 13.3 Å². The smallest absolute Gasteiger partial charge is 0.314 e. The average Bonchev–Trinajstić information content (AvgIpc) is 2.04. The molecule has 0 aliphatic heterocycles. The van der Waals surface area contributed by atoms with Gasteiger partial charge in [0.2, 0.25) is 0 Å². The molecule has 0 atom stereocenters. The van der Waals surface area contributed by atoms with Gasteiger partial charge in [-0.1, -0.05) is 6.92 Å². The molecule has 0 fully saturated rings. The predicted octanol–water partition coefficient (Wildman–Crippen LogP) is -0.0850. The number of carbonyl (C=O) groups is 1. The van der Waals surface area contributed by atoms with Crippen molar-refractivity contribution in [3.8, 4) is 0 Å². The Balaban J connectivity index is 2.95. The predicted molar refractivity (Wildman–Crippen MR) is 45.6 cm³/mol. The first-order valence-corrected chi connectivity index (χ1v) is 3.97. The second-order valence-electron chi connectivity index (χ2n) is 2.26. The molecule has 0 rings (SSSR count). The van der Waals surface area contributed by atoms with Crippen LogP contribution < -0.4 is 16.0 Å². The van der Waals surface area contributed by atoms with Gasteiger partial charge in [0.15, 0.2) is 0 Å². The van der Waals surface area contributed by atoms with Gasteiger partial charge in [-0.25, -0.2) is 4.79 Å². The number of nitrogens with one attached hydrogen (secondary N) is 3. The molecule has 0 heterocycles. The van der Waals surface area contributed by atoms with Gasteiger partial charge in [-0.05, 0) is 13.0 Å². The van der Waals surface area contributed by atoms with Crippen molar-refractivity contribution < 1.29 is 4.79 Å². The lowest BCUT2D eigenvalue weighted by Gasteiger charge is -2.04. The SMILES string of the molecule is CCCNCCNC(=O)NC. The van der Waals surface area contributed by atoms with E-state index in [-0.39, 0.29) is 6.03 Å². The summed E-state index contributed by atoms with van der Waals surface area (Å²) in [6.07, 6.45) is 1.12. The molecule has 0 bridgehead atoms. The number of hydrogen-bond acceptors (Lipinski definition) is 2. The number of hydrogen-bond donors (Lipinski definition) is 3. The summed E-state index contributed by atoms with van der Waals surface area (Å²) in [5.41, 5.74) is 0. The monoisotopic (exact) mass is 159 g/mol. The Bertz CT molecular complexity index is 106. The second-order valence-corrected chi connectivity index (χ2v) is 2.26. The number of carbonyl (C=O) groups excluding carboxylic acids is 1. The summed E-state index contributed by atoms with van der Waals surface area (Å²) >= 11 is 0. The highest BCUT2D eigenvalue weighted by Gasteiger charge is 1.91. The van der Waals surface area contributed by atoms with Crippen molar-refractivity contribution in [2.45, 2.75) is 13.3 Å². The van der Waals surface area contributed by atoms with Crippen molar-refractivity contribution in [2.75, 3.05) is 26.7 Å². The molecular weight excluding hydrogens is 142 g/mol. The third kappa shape index (κ3) is 7.12. The Hall–Kier alpha value is -0.770. The summed E-state index contributed by atoms with van der Waals surface area (Å²) in [7, 11) is 1.61. The van der Waals surface area contributed by atoms with Gasteiger partial charge in [0.05, 0.1) is 0 Å². The first-order chi connectivity index (χ1) is 5.31. The summed E-state index contributed by atoms with van der Waals surface area (Å²) in [5.74, 6) is 0. The molecule has 4 nitrogen and oxygen atoms in total. The Morgan fingerprint density at radius 3 is 2.55 bits per heavy atom. The van der Waals surface area contributed by atoms with E-state index in [2.05, 4.69) is 22.9 Å². The molecule has 0 aromatic heterocycles. The maximum atomic E-state index is 10.6. The normalized spacial score (nSPS) is 9.27. The van der Waals surface area contributed by atoms with Crippen molar-refractivity contribution in [1.82, 2.24) is 16.0 Å². The molecule has 4 heteroatoms. The van der Waals surface area contributed by atoms with Gasteiger partial charge in [-0.3, -0.25) is 0 Å². The van der Waals surface area contributed by atoms with Crippen LogP contribution in [-0.2, 0) is 0 Å². The van der Waals surface area contributed by atoms with Crippen LogP contribution in [0.5, 0.6) is 0 Å². The summed E-state index contributed by atoms with van der Waals surface area (Å²) in [4.78, 5) is 10.6. The molecule has 11 heavy (non-hydrogen) atoms. The number of rotatable bonds is 5. The maximum Gasteiger partial charge on any atom is 0.314 e. The minimum Gasteiger partial charge on any atom is -0.341 e. The average molecular weight is 159 g/mol. The fourth-order valence-corrected chi connectivity index (χ4v) is 0.655. The van der Waals surface area contributed by atoms with Crippen LogP contribution in [0, 0.1) is 0 Å². The zero-order chi connectivity index (χ0) is 8.53. The van der Waals surface area contributed by atoms with Gasteiger partial charge < -0.3 is 16.0 Å². The molecule has 0 spiro atoms. The first-order valence-electron chi connectivity index (χ1n) is 3.97. The highest BCUT2D eigenvalue weighted by molar-refractivity contribution is 5.73. The minimum absolute atomic E-state index is 0.122. The molecule has 0 aromatic carbocycles. The zero-order valence-electron chi connectivity index (χ0n) is 7.24. The van der Waals surface area contributed by atoms with E-state index in [1.807, 2.05) is 0 Å². The van der Waals surface area contributed by atoms with E-state index < -0.39 is 0 Å². The molecule has 0 aromatic rings. The van der Waals surface area contributed by atoms with Crippen molar-refractivity contribution in [1.29, 1.82) is 0 Å². The van der Waals surface area contributed by atoms with Gasteiger partial charge in [-0.15, -0.1) is 0 Å². The van der Waals surface area contributed by atoms with Crippen LogP contribution in [0.4, 0.5) is 4.79 Å². The van der Waals surface area contributed by atoms with E-state index in [0.717, 1.165) is 19.5 Å². The largest absolute Gasteiger partial charge is 0.341 e. The van der Waals surface area contributed by atoms with Crippen LogP contribution in [-0.4, -0.2) is 32.7 Å². The van der Waals surface area contributed by atoms with E-state index in [0.29, 0.717) is 6.54 Å². The fraction of sp³-hybridized carbons (Fsp3) is 0.857. The molecule has 0 aliphatic rings. The molecular formula is C7H17N3O. The van der Waals surface area contributed by atoms with Gasteiger partial charge >= 0.3 is 6.03 Å². The molecule has 66 valence electrons. The third-order valence-electron chi connectivity index (χ3n) is 1.24. The Morgan fingerprint density at radius 1 is 1.27 bits per heavy atom. The van der Waals surface area contributed by atoms with Crippen LogP contribution in [0.25, 0.3) is 0 Å². The van der Waals surface area contributed by atoms with Gasteiger partial charge in [0.1, 0.15) is 0 Å². The quantitative estimate of drug-likeness (QED) is 0.491. The maximum absolute atomic E-state index is 10.6. The third-order valence-corrected chi connectivity index (χ3v) is 1.24. The summed E-state index contributed by atoms with van der Waals surface area (Å²) in [5, 5.41) is 8.33. The fourth-order valence-electron chi connectivity index (χ4n) is 0.655. The highest BCUT2D eigenvalue weighted by atomic mass is 16.2. The summed E-state index contributed by atoms with van der Waals surface area (Å²) in [6, 6.07) is -0.122. The van der Waals surface area contributed by atoms with E-state index in [1.165, 1.54) is 0 Å². The Morgan fingerprint density at radius 2 is 2.00 bits per heavy atom. The minimum atomic E-state index is -0.122. The second kappa shape index (κ2) is 7.34. The zero-order valence-corrected chi connectivity index (χ0v) is 7.24. The van der Waals surface area contributed by atoms with Crippen LogP contribution in [0.2, 0.25) is 0 Å². The van der Waals surface area contributed by atoms with Gasteiger partial charge in [-0.2, -0.15) is 0 Å². The van der Waals surface area contributed by atoms with Crippen molar-refractivity contribution in [3.63, 3.8) is 0 Å². The van der Waals surface area contributed by atoms with E-state index >= 15 is 0 Å². The van der Waals surface area contributed by atoms with Gasteiger partial charge in [0, 0.05) is 20.1 Å².